The molecule has 0 atom stereocenters. The molecular formula is C7H4ClNS. The number of hydrogen-bond acceptors (Lipinski definition) is 2. The molecule has 10 heavy (non-hydrogen) atoms. The van der Waals surface area contributed by atoms with Gasteiger partial charge in [0.05, 0.1) is 5.56 Å². The first-order chi connectivity index (χ1) is 4.74. The van der Waals surface area contributed by atoms with Crippen molar-refractivity contribution in [3.63, 3.8) is 0 Å². The Morgan fingerprint density at radius 1 is 1.50 bits per heavy atom. The van der Waals surface area contributed by atoms with Crippen LogP contribution in [0, 0.1) is 11.3 Å². The molecule has 0 unspecified atom stereocenters. The van der Waals surface area contributed by atoms with Crippen LogP contribution in [-0.4, -0.2) is 0 Å². The molecule has 1 nitrogen and oxygen atoms in total. The van der Waals surface area contributed by atoms with E-state index in [0.29, 0.717) is 15.5 Å². The van der Waals surface area contributed by atoms with E-state index in [1.54, 1.807) is 18.2 Å². The summed E-state index contributed by atoms with van der Waals surface area (Å²) in [4.78, 5) is 0.659. The molecule has 0 aliphatic heterocycles. The van der Waals surface area contributed by atoms with Crippen molar-refractivity contribution in [3.05, 3.63) is 28.8 Å². The van der Waals surface area contributed by atoms with E-state index < -0.39 is 0 Å². The highest BCUT2D eigenvalue weighted by atomic mass is 35.5. The molecule has 0 aromatic heterocycles. The van der Waals surface area contributed by atoms with Gasteiger partial charge in [0.2, 0.25) is 0 Å². The van der Waals surface area contributed by atoms with Crippen LogP contribution in [0.3, 0.4) is 0 Å². The fraction of sp³-hybridized carbons (Fsp3) is 0. The summed E-state index contributed by atoms with van der Waals surface area (Å²) < 4.78 is 0. The van der Waals surface area contributed by atoms with Crippen molar-refractivity contribution in [3.8, 4) is 6.07 Å². The van der Waals surface area contributed by atoms with Gasteiger partial charge in [0.25, 0.3) is 0 Å². The first-order valence-corrected chi connectivity index (χ1v) is 3.45. The van der Waals surface area contributed by atoms with Crippen LogP contribution in [-0.2, 0) is 0 Å². The maximum Gasteiger partial charge on any atom is 0.100 e. The molecule has 1 rings (SSSR count). The van der Waals surface area contributed by atoms with Gasteiger partial charge in [-0.3, -0.25) is 0 Å². The molecule has 0 spiro atoms. The molecule has 1 aromatic carbocycles. The standard InChI is InChI=1S/C7H4ClNS/c8-6-1-2-7(10)5(3-6)4-9/h1-3,10H. The average Bonchev–Trinajstić information content (AvgIpc) is 1.94. The minimum absolute atomic E-state index is 0.510. The minimum Gasteiger partial charge on any atom is -0.192 e. The number of nitriles is 1. The van der Waals surface area contributed by atoms with E-state index in [1.165, 1.54) is 0 Å². The normalized spacial score (nSPS) is 8.90. The number of benzene rings is 1. The largest absolute Gasteiger partial charge is 0.192 e. The van der Waals surface area contributed by atoms with Crippen LogP contribution in [0.25, 0.3) is 0 Å². The number of thiol groups is 1. The highest BCUT2D eigenvalue weighted by Gasteiger charge is 1.96. The van der Waals surface area contributed by atoms with Gasteiger partial charge in [0, 0.05) is 9.92 Å². The van der Waals surface area contributed by atoms with Crippen molar-refractivity contribution in [2.24, 2.45) is 0 Å². The molecule has 0 aliphatic carbocycles. The zero-order valence-electron chi connectivity index (χ0n) is 5.00. The summed E-state index contributed by atoms with van der Waals surface area (Å²) in [6.07, 6.45) is 0. The SMILES string of the molecule is N#Cc1cc(Cl)ccc1S. The van der Waals surface area contributed by atoms with Crippen LogP contribution in [0.2, 0.25) is 5.02 Å². The van der Waals surface area contributed by atoms with Gasteiger partial charge in [-0.05, 0) is 18.2 Å². The average molecular weight is 170 g/mol. The van der Waals surface area contributed by atoms with Crippen molar-refractivity contribution in [1.29, 1.82) is 5.26 Å². The lowest BCUT2D eigenvalue weighted by Crippen LogP contribution is -1.75. The van der Waals surface area contributed by atoms with Crippen molar-refractivity contribution in [1.82, 2.24) is 0 Å². The van der Waals surface area contributed by atoms with Crippen LogP contribution in [0.5, 0.6) is 0 Å². The Morgan fingerprint density at radius 3 is 2.70 bits per heavy atom. The molecule has 0 heterocycles. The molecule has 0 bridgehead atoms. The lowest BCUT2D eigenvalue weighted by atomic mass is 10.2. The molecule has 0 saturated carbocycles. The fourth-order valence-corrected chi connectivity index (χ4v) is 0.959. The van der Waals surface area contributed by atoms with Gasteiger partial charge >= 0.3 is 0 Å². The summed E-state index contributed by atoms with van der Waals surface area (Å²) in [5, 5.41) is 9.05. The fourth-order valence-electron chi connectivity index (χ4n) is 0.598. The van der Waals surface area contributed by atoms with Gasteiger partial charge < -0.3 is 0 Å². The number of rotatable bonds is 0. The molecular weight excluding hydrogens is 166 g/mol. The van der Waals surface area contributed by atoms with E-state index in [-0.39, 0.29) is 0 Å². The van der Waals surface area contributed by atoms with E-state index in [4.69, 9.17) is 16.9 Å². The third-order valence-electron chi connectivity index (χ3n) is 1.08. The van der Waals surface area contributed by atoms with Crippen LogP contribution >= 0.6 is 24.2 Å². The Kier molecular flexibility index (Phi) is 2.21. The Labute approximate surface area is 69.6 Å². The van der Waals surface area contributed by atoms with Gasteiger partial charge in [-0.25, -0.2) is 0 Å². The maximum absolute atomic E-state index is 8.49. The van der Waals surface area contributed by atoms with Gasteiger partial charge in [-0.15, -0.1) is 12.6 Å². The summed E-state index contributed by atoms with van der Waals surface area (Å²) in [5.74, 6) is 0. The summed E-state index contributed by atoms with van der Waals surface area (Å²) in [6.45, 7) is 0. The Morgan fingerprint density at radius 2 is 2.20 bits per heavy atom. The Balaban J connectivity index is 3.25. The molecule has 1 aromatic rings. The van der Waals surface area contributed by atoms with Gasteiger partial charge in [-0.2, -0.15) is 5.26 Å². The van der Waals surface area contributed by atoms with Gasteiger partial charge in [0.15, 0.2) is 0 Å². The van der Waals surface area contributed by atoms with Crippen LogP contribution in [0.1, 0.15) is 5.56 Å². The second-order valence-corrected chi connectivity index (χ2v) is 2.69. The van der Waals surface area contributed by atoms with Crippen molar-refractivity contribution in [2.45, 2.75) is 4.90 Å². The first-order valence-electron chi connectivity index (χ1n) is 2.62. The van der Waals surface area contributed by atoms with Crippen LogP contribution in [0.15, 0.2) is 23.1 Å². The maximum atomic E-state index is 8.49. The summed E-state index contributed by atoms with van der Waals surface area (Å²) in [5.41, 5.74) is 0.510. The van der Waals surface area contributed by atoms with Crippen LogP contribution in [0.4, 0.5) is 0 Å². The Hall–Kier alpha value is -0.650. The van der Waals surface area contributed by atoms with Gasteiger partial charge in [0.1, 0.15) is 6.07 Å². The number of halogens is 1. The Bertz CT molecular complexity index is 290. The lowest BCUT2D eigenvalue weighted by molar-refractivity contribution is 1.38. The smallest absolute Gasteiger partial charge is 0.100 e. The molecule has 0 aliphatic rings. The second kappa shape index (κ2) is 2.96. The van der Waals surface area contributed by atoms with Crippen molar-refractivity contribution in [2.75, 3.05) is 0 Å². The molecule has 0 saturated heterocycles. The highest BCUT2D eigenvalue weighted by Crippen LogP contribution is 2.17. The molecule has 0 fully saturated rings. The monoisotopic (exact) mass is 169 g/mol. The lowest BCUT2D eigenvalue weighted by Gasteiger charge is -1.93. The highest BCUT2D eigenvalue weighted by molar-refractivity contribution is 7.80. The topological polar surface area (TPSA) is 23.8 Å². The van der Waals surface area contributed by atoms with Crippen molar-refractivity contribution < 1.29 is 0 Å². The van der Waals surface area contributed by atoms with E-state index in [1.807, 2.05) is 6.07 Å². The van der Waals surface area contributed by atoms with E-state index in [2.05, 4.69) is 12.6 Å². The summed E-state index contributed by atoms with van der Waals surface area (Å²) in [6, 6.07) is 6.96. The van der Waals surface area contributed by atoms with E-state index in [0.717, 1.165) is 0 Å². The molecule has 3 heteroatoms. The van der Waals surface area contributed by atoms with Crippen LogP contribution < -0.4 is 0 Å². The summed E-state index contributed by atoms with van der Waals surface area (Å²) in [7, 11) is 0. The molecule has 0 N–H and O–H groups in total. The third-order valence-corrected chi connectivity index (χ3v) is 1.70. The van der Waals surface area contributed by atoms with Crippen molar-refractivity contribution >= 4 is 24.2 Å². The van der Waals surface area contributed by atoms with E-state index >= 15 is 0 Å². The molecule has 0 amide bonds. The first kappa shape index (κ1) is 7.46. The molecule has 0 radical (unpaired) electrons. The predicted octanol–water partition coefficient (Wildman–Crippen LogP) is 2.50. The predicted molar refractivity (Wildman–Crippen MR) is 43.4 cm³/mol. The zero-order valence-corrected chi connectivity index (χ0v) is 6.65. The molecule has 50 valence electrons. The number of nitrogens with zero attached hydrogens (tertiary/aromatic N) is 1. The summed E-state index contributed by atoms with van der Waals surface area (Å²) >= 11 is 9.65. The van der Waals surface area contributed by atoms with E-state index in [9.17, 15) is 0 Å². The quantitative estimate of drug-likeness (QED) is 0.593. The van der Waals surface area contributed by atoms with Gasteiger partial charge in [-0.1, -0.05) is 11.6 Å². The third kappa shape index (κ3) is 1.44. The second-order valence-electron chi connectivity index (χ2n) is 1.77. The number of hydrogen-bond donors (Lipinski definition) is 1. The minimum atomic E-state index is 0.510. The zero-order chi connectivity index (χ0) is 7.56.